The summed E-state index contributed by atoms with van der Waals surface area (Å²) in [5.41, 5.74) is 8.77. The summed E-state index contributed by atoms with van der Waals surface area (Å²) in [6, 6.07) is 49.4. The van der Waals surface area contributed by atoms with E-state index in [1.807, 2.05) is 79.0 Å². The lowest BCUT2D eigenvalue weighted by Gasteiger charge is -2.12. The van der Waals surface area contributed by atoms with Crippen molar-refractivity contribution in [2.45, 2.75) is 0 Å². The van der Waals surface area contributed by atoms with Gasteiger partial charge in [-0.25, -0.2) is 19.9 Å². The molecule has 206 valence electrons. The number of nitrogens with zero attached hydrogens (tertiary/aromatic N) is 5. The van der Waals surface area contributed by atoms with Gasteiger partial charge in [0.15, 0.2) is 17.5 Å². The van der Waals surface area contributed by atoms with Crippen LogP contribution in [0.4, 0.5) is 0 Å². The van der Waals surface area contributed by atoms with Gasteiger partial charge in [0.05, 0.1) is 11.0 Å². The lowest BCUT2D eigenvalue weighted by Crippen LogP contribution is -2.02. The van der Waals surface area contributed by atoms with Gasteiger partial charge in [-0.1, -0.05) is 115 Å². The minimum absolute atomic E-state index is 0.529. The van der Waals surface area contributed by atoms with Gasteiger partial charge in [0, 0.05) is 28.1 Å². The Hall–Kier alpha value is -6.07. The van der Waals surface area contributed by atoms with Crippen LogP contribution in [0.2, 0.25) is 0 Å². The average molecular weight is 564 g/mol. The molecule has 0 aliphatic heterocycles. The molecule has 0 atom stereocenters. The molecule has 0 amide bonds. The third-order valence-corrected chi connectivity index (χ3v) is 7.78. The van der Waals surface area contributed by atoms with Gasteiger partial charge in [-0.2, -0.15) is 0 Å². The second-order valence-corrected chi connectivity index (χ2v) is 10.6. The van der Waals surface area contributed by atoms with Crippen LogP contribution in [0, 0.1) is 0 Å². The van der Waals surface area contributed by atoms with Gasteiger partial charge in [0.25, 0.3) is 0 Å². The van der Waals surface area contributed by atoms with E-state index < -0.39 is 0 Å². The Morgan fingerprint density at radius 1 is 0.341 bits per heavy atom. The van der Waals surface area contributed by atoms with Gasteiger partial charge >= 0.3 is 0 Å². The van der Waals surface area contributed by atoms with Crippen molar-refractivity contribution in [1.29, 1.82) is 0 Å². The molecule has 0 radical (unpaired) electrons. The number of aromatic nitrogens is 5. The highest BCUT2D eigenvalue weighted by Crippen LogP contribution is 2.33. The van der Waals surface area contributed by atoms with E-state index in [4.69, 9.17) is 19.9 Å². The van der Waals surface area contributed by atoms with Crippen LogP contribution in [0.1, 0.15) is 0 Å². The summed E-state index contributed by atoms with van der Waals surface area (Å²) in [6.07, 6.45) is 1.82. The highest BCUT2D eigenvalue weighted by molar-refractivity contribution is 5.89. The average Bonchev–Trinajstić information content (AvgIpc) is 3.11. The third-order valence-electron chi connectivity index (χ3n) is 7.78. The summed E-state index contributed by atoms with van der Waals surface area (Å²) >= 11 is 0. The monoisotopic (exact) mass is 563 g/mol. The summed E-state index contributed by atoms with van der Waals surface area (Å²) in [5.74, 6) is 1.74. The van der Waals surface area contributed by atoms with Crippen molar-refractivity contribution in [2.75, 3.05) is 0 Å². The van der Waals surface area contributed by atoms with E-state index in [-0.39, 0.29) is 0 Å². The second kappa shape index (κ2) is 11.0. The molecule has 5 aromatic carbocycles. The van der Waals surface area contributed by atoms with E-state index in [2.05, 4.69) is 77.8 Å². The van der Waals surface area contributed by atoms with Crippen LogP contribution in [0.25, 0.3) is 78.4 Å². The highest BCUT2D eigenvalue weighted by atomic mass is 15.0. The van der Waals surface area contributed by atoms with Gasteiger partial charge in [-0.05, 0) is 52.6 Å². The van der Waals surface area contributed by atoms with Crippen LogP contribution < -0.4 is 0 Å². The molecule has 3 heterocycles. The molecule has 0 aliphatic carbocycles. The summed E-state index contributed by atoms with van der Waals surface area (Å²) in [4.78, 5) is 24.5. The molecule has 8 rings (SSSR count). The summed E-state index contributed by atoms with van der Waals surface area (Å²) in [6.45, 7) is 0. The van der Waals surface area contributed by atoms with Crippen molar-refractivity contribution < 1.29 is 0 Å². The Morgan fingerprint density at radius 2 is 1.00 bits per heavy atom. The van der Waals surface area contributed by atoms with Crippen LogP contribution in [-0.2, 0) is 0 Å². The molecular weight excluding hydrogens is 538 g/mol. The highest BCUT2D eigenvalue weighted by Gasteiger charge is 2.16. The first kappa shape index (κ1) is 25.6. The molecule has 0 N–H and O–H groups in total. The van der Waals surface area contributed by atoms with Crippen molar-refractivity contribution in [3.05, 3.63) is 152 Å². The summed E-state index contributed by atoms with van der Waals surface area (Å²) < 4.78 is 0. The van der Waals surface area contributed by atoms with Crippen molar-refractivity contribution in [3.63, 3.8) is 0 Å². The van der Waals surface area contributed by atoms with E-state index in [1.54, 1.807) is 0 Å². The Morgan fingerprint density at radius 3 is 1.84 bits per heavy atom. The molecule has 3 aromatic heterocycles. The van der Waals surface area contributed by atoms with Crippen LogP contribution in [-0.4, -0.2) is 24.9 Å². The summed E-state index contributed by atoms with van der Waals surface area (Å²) in [5, 5.41) is 2.15. The normalized spacial score (nSPS) is 11.2. The minimum atomic E-state index is 0.529. The Kier molecular flexibility index (Phi) is 6.39. The SMILES string of the molecule is c1ccc(-c2nc(-c3ccc4ccc(-c5ccc6ncccc6c5)cc4n3)nc(-c3ccccc3-c3ccccc3)n2)cc1. The first-order chi connectivity index (χ1) is 21.8. The standard InChI is InChI=1S/C39H25N5/c1-3-10-26(11-4-1)32-15-7-8-16-33(32)38-42-37(28-12-5-2-6-13-28)43-39(44-38)35-22-19-27-17-18-30(25-36(27)41-35)29-20-21-34-31(24-29)14-9-23-40-34/h1-25H. The molecule has 0 fully saturated rings. The van der Waals surface area contributed by atoms with Crippen molar-refractivity contribution in [3.8, 4) is 56.5 Å². The van der Waals surface area contributed by atoms with Crippen LogP contribution in [0.5, 0.6) is 0 Å². The van der Waals surface area contributed by atoms with Gasteiger partial charge in [-0.15, -0.1) is 0 Å². The van der Waals surface area contributed by atoms with Gasteiger partial charge in [-0.3, -0.25) is 4.98 Å². The first-order valence-electron chi connectivity index (χ1n) is 14.5. The maximum absolute atomic E-state index is 5.08. The molecule has 0 saturated carbocycles. The quantitative estimate of drug-likeness (QED) is 0.209. The fourth-order valence-corrected chi connectivity index (χ4v) is 5.55. The van der Waals surface area contributed by atoms with E-state index in [0.29, 0.717) is 23.2 Å². The molecule has 5 heteroatoms. The van der Waals surface area contributed by atoms with Crippen molar-refractivity contribution >= 4 is 21.8 Å². The van der Waals surface area contributed by atoms with Crippen LogP contribution in [0.15, 0.2) is 152 Å². The zero-order chi connectivity index (χ0) is 29.3. The number of hydrogen-bond donors (Lipinski definition) is 0. The van der Waals surface area contributed by atoms with Crippen LogP contribution in [0.3, 0.4) is 0 Å². The topological polar surface area (TPSA) is 64.5 Å². The molecule has 8 aromatic rings. The number of pyridine rings is 2. The molecule has 0 bridgehead atoms. The molecule has 5 nitrogen and oxygen atoms in total. The van der Waals surface area contributed by atoms with Gasteiger partial charge in [0.1, 0.15) is 5.69 Å². The lowest BCUT2D eigenvalue weighted by molar-refractivity contribution is 1.06. The van der Waals surface area contributed by atoms with Crippen molar-refractivity contribution in [1.82, 2.24) is 24.9 Å². The summed E-state index contributed by atoms with van der Waals surface area (Å²) in [7, 11) is 0. The number of benzene rings is 5. The van der Waals surface area contributed by atoms with Crippen molar-refractivity contribution in [2.24, 2.45) is 0 Å². The predicted octanol–water partition coefficient (Wildman–Crippen LogP) is 9.30. The van der Waals surface area contributed by atoms with Gasteiger partial charge in [0.2, 0.25) is 0 Å². The largest absolute Gasteiger partial charge is 0.256 e. The van der Waals surface area contributed by atoms with E-state index >= 15 is 0 Å². The Balaban J connectivity index is 1.27. The molecule has 0 spiro atoms. The molecule has 44 heavy (non-hydrogen) atoms. The number of hydrogen-bond acceptors (Lipinski definition) is 5. The predicted molar refractivity (Wildman–Crippen MR) is 178 cm³/mol. The minimum Gasteiger partial charge on any atom is -0.256 e. The molecule has 0 saturated heterocycles. The molecular formula is C39H25N5. The van der Waals surface area contributed by atoms with E-state index in [0.717, 1.165) is 55.2 Å². The fraction of sp³-hybridized carbons (Fsp3) is 0. The van der Waals surface area contributed by atoms with Gasteiger partial charge < -0.3 is 0 Å². The smallest absolute Gasteiger partial charge is 0.182 e. The maximum Gasteiger partial charge on any atom is 0.182 e. The van der Waals surface area contributed by atoms with E-state index in [1.165, 1.54) is 0 Å². The number of fused-ring (bicyclic) bond motifs is 2. The van der Waals surface area contributed by atoms with E-state index in [9.17, 15) is 0 Å². The Labute approximate surface area is 254 Å². The third kappa shape index (κ3) is 4.86. The lowest BCUT2D eigenvalue weighted by atomic mass is 9.99. The molecule has 0 unspecified atom stereocenters. The molecule has 0 aliphatic rings. The zero-order valence-corrected chi connectivity index (χ0v) is 23.7. The zero-order valence-electron chi connectivity index (χ0n) is 23.7. The maximum atomic E-state index is 5.08. The fourth-order valence-electron chi connectivity index (χ4n) is 5.55. The Bertz CT molecular complexity index is 2280. The number of rotatable bonds is 5. The second-order valence-electron chi connectivity index (χ2n) is 10.6. The van der Waals surface area contributed by atoms with Crippen LogP contribution >= 0.6 is 0 Å². The first-order valence-corrected chi connectivity index (χ1v) is 14.5.